The van der Waals surface area contributed by atoms with Gasteiger partial charge in [0.2, 0.25) is 0 Å². The van der Waals surface area contributed by atoms with Crippen molar-refractivity contribution < 1.29 is 4.39 Å². The fourth-order valence-electron chi connectivity index (χ4n) is 2.04. The van der Waals surface area contributed by atoms with Gasteiger partial charge < -0.3 is 0 Å². The third-order valence-corrected chi connectivity index (χ3v) is 3.78. The third-order valence-electron chi connectivity index (χ3n) is 3.04. The van der Waals surface area contributed by atoms with Crippen LogP contribution in [0.15, 0.2) is 53.0 Å². The molecule has 2 aromatic rings. The smallest absolute Gasteiger partial charge is 0.124 e. The molecule has 0 bridgehead atoms. The van der Waals surface area contributed by atoms with E-state index in [0.717, 1.165) is 22.9 Å². The highest BCUT2D eigenvalue weighted by molar-refractivity contribution is 9.10. The first-order valence-electron chi connectivity index (χ1n) is 6.13. The van der Waals surface area contributed by atoms with Crippen molar-refractivity contribution in [3.05, 3.63) is 69.9 Å². The van der Waals surface area contributed by atoms with E-state index in [9.17, 15) is 4.39 Å². The van der Waals surface area contributed by atoms with Crippen LogP contribution in [0.2, 0.25) is 0 Å². The van der Waals surface area contributed by atoms with E-state index >= 15 is 0 Å². The van der Waals surface area contributed by atoms with Gasteiger partial charge in [0, 0.05) is 10.5 Å². The van der Waals surface area contributed by atoms with Gasteiger partial charge in [0.15, 0.2) is 0 Å². The summed E-state index contributed by atoms with van der Waals surface area (Å²) in [7, 11) is 0. The number of nitrogens with one attached hydrogen (secondary N) is 1. The fourth-order valence-corrected chi connectivity index (χ4v) is 2.55. The fraction of sp³-hybridized carbons (Fsp3) is 0.200. The van der Waals surface area contributed by atoms with Crippen molar-refractivity contribution in [1.29, 1.82) is 0 Å². The summed E-state index contributed by atoms with van der Waals surface area (Å²) in [5.74, 6) is 5.37. The van der Waals surface area contributed by atoms with Gasteiger partial charge in [0.05, 0.1) is 0 Å². The minimum atomic E-state index is -0.240. The second-order valence-electron chi connectivity index (χ2n) is 4.49. The predicted molar refractivity (Wildman–Crippen MR) is 79.1 cm³/mol. The van der Waals surface area contributed by atoms with Crippen LogP contribution in [0.25, 0.3) is 0 Å². The van der Waals surface area contributed by atoms with E-state index in [1.807, 2.05) is 18.2 Å². The molecule has 100 valence electrons. The van der Waals surface area contributed by atoms with Gasteiger partial charge in [0.1, 0.15) is 5.82 Å². The van der Waals surface area contributed by atoms with Crippen LogP contribution in [0.5, 0.6) is 0 Å². The van der Waals surface area contributed by atoms with E-state index in [1.54, 1.807) is 6.07 Å². The van der Waals surface area contributed by atoms with Crippen LogP contribution in [-0.4, -0.2) is 6.04 Å². The zero-order chi connectivity index (χ0) is 13.7. The SMILES string of the molecule is NNC(Cc1ccccc1)Cc1ccc(F)cc1Br. The Balaban J connectivity index is 2.06. The highest BCUT2D eigenvalue weighted by Gasteiger charge is 2.11. The number of benzene rings is 2. The summed E-state index contributed by atoms with van der Waals surface area (Å²) in [6.07, 6.45) is 1.58. The van der Waals surface area contributed by atoms with Gasteiger partial charge in [-0.1, -0.05) is 52.3 Å². The third kappa shape index (κ3) is 4.13. The Morgan fingerprint density at radius 3 is 2.47 bits per heavy atom. The average molecular weight is 323 g/mol. The summed E-state index contributed by atoms with van der Waals surface area (Å²) in [4.78, 5) is 0. The molecule has 0 saturated carbocycles. The Morgan fingerprint density at radius 1 is 1.11 bits per heavy atom. The highest BCUT2D eigenvalue weighted by atomic mass is 79.9. The molecule has 3 N–H and O–H groups in total. The van der Waals surface area contributed by atoms with Crippen molar-refractivity contribution in [3.8, 4) is 0 Å². The standard InChI is InChI=1S/C15H16BrFN2/c16-15-10-13(17)7-6-12(15)9-14(19-18)8-11-4-2-1-3-5-11/h1-7,10,14,19H,8-9,18H2. The van der Waals surface area contributed by atoms with Gasteiger partial charge in [-0.3, -0.25) is 11.3 Å². The van der Waals surface area contributed by atoms with Crippen LogP contribution in [0.1, 0.15) is 11.1 Å². The molecular formula is C15H16BrFN2. The van der Waals surface area contributed by atoms with Gasteiger partial charge in [-0.25, -0.2) is 4.39 Å². The number of halogens is 2. The molecule has 0 aliphatic rings. The van der Waals surface area contributed by atoms with E-state index in [-0.39, 0.29) is 11.9 Å². The second kappa shape index (κ2) is 6.80. The number of hydrogen-bond donors (Lipinski definition) is 2. The normalized spacial score (nSPS) is 12.4. The molecular weight excluding hydrogens is 307 g/mol. The molecule has 0 heterocycles. The van der Waals surface area contributed by atoms with E-state index in [2.05, 4.69) is 33.5 Å². The monoisotopic (exact) mass is 322 g/mol. The number of nitrogens with two attached hydrogens (primary N) is 1. The molecule has 2 rings (SSSR count). The van der Waals surface area contributed by atoms with Crippen LogP contribution in [0.3, 0.4) is 0 Å². The van der Waals surface area contributed by atoms with Gasteiger partial charge in [-0.05, 0) is 36.1 Å². The molecule has 0 radical (unpaired) electrons. The molecule has 0 amide bonds. The Hall–Kier alpha value is -1.23. The van der Waals surface area contributed by atoms with Crippen molar-refractivity contribution >= 4 is 15.9 Å². The first-order chi connectivity index (χ1) is 9.19. The first kappa shape index (κ1) is 14.2. The zero-order valence-corrected chi connectivity index (χ0v) is 12.0. The largest absolute Gasteiger partial charge is 0.271 e. The molecule has 1 unspecified atom stereocenters. The number of hydrogen-bond acceptors (Lipinski definition) is 2. The minimum Gasteiger partial charge on any atom is -0.271 e. The Labute approximate surface area is 120 Å². The molecule has 0 aromatic heterocycles. The molecule has 0 fully saturated rings. The van der Waals surface area contributed by atoms with Gasteiger partial charge in [0.25, 0.3) is 0 Å². The quantitative estimate of drug-likeness (QED) is 0.655. The molecule has 0 aliphatic heterocycles. The van der Waals surface area contributed by atoms with Crippen LogP contribution < -0.4 is 11.3 Å². The van der Waals surface area contributed by atoms with Gasteiger partial charge in [-0.2, -0.15) is 0 Å². The van der Waals surface area contributed by atoms with E-state index in [1.165, 1.54) is 17.7 Å². The lowest BCUT2D eigenvalue weighted by Gasteiger charge is -2.17. The van der Waals surface area contributed by atoms with Gasteiger partial charge in [-0.15, -0.1) is 0 Å². The lowest BCUT2D eigenvalue weighted by Crippen LogP contribution is -2.38. The van der Waals surface area contributed by atoms with E-state index in [4.69, 9.17) is 5.84 Å². The second-order valence-corrected chi connectivity index (χ2v) is 5.35. The molecule has 0 aliphatic carbocycles. The topological polar surface area (TPSA) is 38.0 Å². The molecule has 0 spiro atoms. The van der Waals surface area contributed by atoms with Crippen LogP contribution in [-0.2, 0) is 12.8 Å². The number of rotatable bonds is 5. The predicted octanol–water partition coefficient (Wildman–Crippen LogP) is 3.21. The Kier molecular flexibility index (Phi) is 5.07. The summed E-state index contributed by atoms with van der Waals surface area (Å²) < 4.78 is 13.8. The average Bonchev–Trinajstić information content (AvgIpc) is 2.42. The first-order valence-corrected chi connectivity index (χ1v) is 6.92. The van der Waals surface area contributed by atoms with Crippen molar-refractivity contribution in [2.45, 2.75) is 18.9 Å². The molecule has 4 heteroatoms. The van der Waals surface area contributed by atoms with Crippen molar-refractivity contribution in [2.24, 2.45) is 5.84 Å². The maximum absolute atomic E-state index is 13.0. The van der Waals surface area contributed by atoms with Crippen molar-refractivity contribution in [3.63, 3.8) is 0 Å². The number of hydrazine groups is 1. The molecule has 19 heavy (non-hydrogen) atoms. The van der Waals surface area contributed by atoms with E-state index in [0.29, 0.717) is 0 Å². The maximum atomic E-state index is 13.0. The lowest BCUT2D eigenvalue weighted by atomic mass is 9.99. The molecule has 2 nitrogen and oxygen atoms in total. The van der Waals surface area contributed by atoms with Gasteiger partial charge >= 0.3 is 0 Å². The lowest BCUT2D eigenvalue weighted by molar-refractivity contribution is 0.521. The van der Waals surface area contributed by atoms with Crippen LogP contribution >= 0.6 is 15.9 Å². The zero-order valence-electron chi connectivity index (χ0n) is 10.4. The molecule has 1 atom stereocenters. The summed E-state index contributed by atoms with van der Waals surface area (Å²) >= 11 is 3.38. The maximum Gasteiger partial charge on any atom is 0.124 e. The summed E-state index contributed by atoms with van der Waals surface area (Å²) in [5, 5.41) is 0. The van der Waals surface area contributed by atoms with Crippen molar-refractivity contribution in [2.75, 3.05) is 0 Å². The Morgan fingerprint density at radius 2 is 1.84 bits per heavy atom. The Bertz CT molecular complexity index is 531. The molecule has 2 aromatic carbocycles. The van der Waals surface area contributed by atoms with Crippen molar-refractivity contribution in [1.82, 2.24) is 5.43 Å². The van der Waals surface area contributed by atoms with Crippen LogP contribution in [0.4, 0.5) is 4.39 Å². The summed E-state index contributed by atoms with van der Waals surface area (Å²) in [5.41, 5.74) is 5.09. The highest BCUT2D eigenvalue weighted by Crippen LogP contribution is 2.20. The minimum absolute atomic E-state index is 0.115. The van der Waals surface area contributed by atoms with Crippen LogP contribution in [0, 0.1) is 5.82 Å². The summed E-state index contributed by atoms with van der Waals surface area (Å²) in [6.45, 7) is 0. The van der Waals surface area contributed by atoms with E-state index < -0.39 is 0 Å². The molecule has 0 saturated heterocycles. The summed E-state index contributed by atoms with van der Waals surface area (Å²) in [6, 6.07) is 15.0.